The van der Waals surface area contributed by atoms with Gasteiger partial charge in [-0.25, -0.2) is 0 Å². The number of anilines is 1. The third-order valence-electron chi connectivity index (χ3n) is 4.77. The SMILES string of the molecule is CCOc1ccc(-n2c(SCC(=O)Nc3cc(C(=O)[O-])ccc3Cl)nnc2-c2cccnc2)cc1. The number of carboxylic acid groups (broad SMARTS) is 1. The van der Waals surface area contributed by atoms with Crippen LogP contribution in [0.5, 0.6) is 5.75 Å². The van der Waals surface area contributed by atoms with Gasteiger partial charge in [0.15, 0.2) is 11.0 Å². The van der Waals surface area contributed by atoms with Crippen LogP contribution >= 0.6 is 23.4 Å². The van der Waals surface area contributed by atoms with E-state index in [-0.39, 0.29) is 22.0 Å². The van der Waals surface area contributed by atoms with Gasteiger partial charge in [0.25, 0.3) is 0 Å². The number of nitrogens with zero attached hydrogens (tertiary/aromatic N) is 4. The van der Waals surface area contributed by atoms with Crippen molar-refractivity contribution in [2.24, 2.45) is 0 Å². The second-order valence-corrected chi connectivity index (χ2v) is 8.48. The summed E-state index contributed by atoms with van der Waals surface area (Å²) in [5.41, 5.74) is 1.64. The zero-order valence-electron chi connectivity index (χ0n) is 18.5. The molecule has 0 fully saturated rings. The number of hydrogen-bond donors (Lipinski definition) is 1. The number of carbonyl (C=O) groups is 2. The maximum absolute atomic E-state index is 12.6. The van der Waals surface area contributed by atoms with Crippen molar-refractivity contribution in [3.8, 4) is 22.8 Å². The normalized spacial score (nSPS) is 10.7. The van der Waals surface area contributed by atoms with Gasteiger partial charge in [0.1, 0.15) is 5.75 Å². The highest BCUT2D eigenvalue weighted by atomic mass is 35.5. The highest BCUT2D eigenvalue weighted by Gasteiger charge is 2.18. The van der Waals surface area contributed by atoms with Crippen LogP contribution in [0.3, 0.4) is 0 Å². The number of hydrogen-bond acceptors (Lipinski definition) is 8. The summed E-state index contributed by atoms with van der Waals surface area (Å²) < 4.78 is 7.36. The largest absolute Gasteiger partial charge is 0.545 e. The zero-order chi connectivity index (χ0) is 24.8. The van der Waals surface area contributed by atoms with E-state index in [0.717, 1.165) is 17.0 Å². The first kappa shape index (κ1) is 24.2. The fourth-order valence-corrected chi connectivity index (χ4v) is 4.12. The Balaban J connectivity index is 1.58. The Kier molecular flexibility index (Phi) is 7.64. The van der Waals surface area contributed by atoms with Gasteiger partial charge in [0, 0.05) is 23.6 Å². The van der Waals surface area contributed by atoms with Gasteiger partial charge < -0.3 is 20.0 Å². The van der Waals surface area contributed by atoms with Gasteiger partial charge in [-0.05, 0) is 61.0 Å². The molecule has 35 heavy (non-hydrogen) atoms. The number of nitrogens with one attached hydrogen (secondary N) is 1. The predicted molar refractivity (Wildman–Crippen MR) is 131 cm³/mol. The topological polar surface area (TPSA) is 122 Å². The van der Waals surface area contributed by atoms with E-state index in [0.29, 0.717) is 17.6 Å². The number of amides is 1. The monoisotopic (exact) mass is 508 g/mol. The fraction of sp³-hybridized carbons (Fsp3) is 0.125. The maximum atomic E-state index is 12.6. The lowest BCUT2D eigenvalue weighted by molar-refractivity contribution is -0.255. The van der Waals surface area contributed by atoms with Crippen molar-refractivity contribution in [1.29, 1.82) is 0 Å². The molecule has 1 N–H and O–H groups in total. The minimum absolute atomic E-state index is 0.0198. The second kappa shape index (κ2) is 11.0. The van der Waals surface area contributed by atoms with Crippen LogP contribution in [0.25, 0.3) is 17.1 Å². The van der Waals surface area contributed by atoms with Crippen LogP contribution in [-0.2, 0) is 4.79 Å². The van der Waals surface area contributed by atoms with Crippen LogP contribution in [0.15, 0.2) is 72.1 Å². The molecule has 0 aliphatic heterocycles. The number of benzene rings is 2. The Morgan fingerprint density at radius 1 is 1.14 bits per heavy atom. The molecule has 4 aromatic rings. The van der Waals surface area contributed by atoms with Gasteiger partial charge in [0.2, 0.25) is 5.91 Å². The first-order valence-electron chi connectivity index (χ1n) is 10.5. The van der Waals surface area contributed by atoms with Gasteiger partial charge in [0.05, 0.1) is 29.0 Å². The molecule has 9 nitrogen and oxygen atoms in total. The molecule has 0 saturated carbocycles. The Hall–Kier alpha value is -3.89. The lowest BCUT2D eigenvalue weighted by Gasteiger charge is -2.12. The summed E-state index contributed by atoms with van der Waals surface area (Å²) in [4.78, 5) is 27.9. The first-order valence-corrected chi connectivity index (χ1v) is 11.8. The van der Waals surface area contributed by atoms with Gasteiger partial charge in [-0.15, -0.1) is 10.2 Å². The number of pyridine rings is 1. The first-order chi connectivity index (χ1) is 17.0. The highest BCUT2D eigenvalue weighted by molar-refractivity contribution is 7.99. The summed E-state index contributed by atoms with van der Waals surface area (Å²) in [5, 5.41) is 23.0. The Bertz CT molecular complexity index is 1350. The Labute approximate surface area is 210 Å². The van der Waals surface area contributed by atoms with Crippen molar-refractivity contribution in [2.45, 2.75) is 12.1 Å². The molecule has 0 aliphatic rings. The minimum Gasteiger partial charge on any atom is -0.545 e. The summed E-state index contributed by atoms with van der Waals surface area (Å²) in [6, 6.07) is 15.1. The van der Waals surface area contributed by atoms with E-state index in [9.17, 15) is 14.7 Å². The van der Waals surface area contributed by atoms with E-state index in [1.165, 1.54) is 30.0 Å². The van der Waals surface area contributed by atoms with Crippen molar-refractivity contribution in [2.75, 3.05) is 17.7 Å². The highest BCUT2D eigenvalue weighted by Crippen LogP contribution is 2.29. The van der Waals surface area contributed by atoms with Crippen molar-refractivity contribution in [3.63, 3.8) is 0 Å². The third kappa shape index (κ3) is 5.79. The van der Waals surface area contributed by atoms with Gasteiger partial charge >= 0.3 is 0 Å². The summed E-state index contributed by atoms with van der Waals surface area (Å²) >= 11 is 7.27. The van der Waals surface area contributed by atoms with Crippen molar-refractivity contribution in [3.05, 3.63) is 77.6 Å². The molecule has 2 aromatic heterocycles. The number of aromatic nitrogens is 4. The molecule has 178 valence electrons. The van der Waals surface area contributed by atoms with Crippen LogP contribution in [0.4, 0.5) is 5.69 Å². The molecule has 0 spiro atoms. The van der Waals surface area contributed by atoms with Crippen molar-refractivity contribution in [1.82, 2.24) is 19.7 Å². The lowest BCUT2D eigenvalue weighted by atomic mass is 10.2. The summed E-state index contributed by atoms with van der Waals surface area (Å²) in [6.07, 6.45) is 3.35. The van der Waals surface area contributed by atoms with E-state index in [4.69, 9.17) is 16.3 Å². The fourth-order valence-electron chi connectivity index (χ4n) is 3.20. The van der Waals surface area contributed by atoms with Crippen LogP contribution in [0.1, 0.15) is 17.3 Å². The molecule has 2 aromatic carbocycles. The van der Waals surface area contributed by atoms with E-state index in [1.807, 2.05) is 41.8 Å². The molecular formula is C24H19ClN5O4S-. The molecule has 0 radical (unpaired) electrons. The molecule has 11 heteroatoms. The minimum atomic E-state index is -1.36. The van der Waals surface area contributed by atoms with Gasteiger partial charge in [-0.3, -0.25) is 14.3 Å². The molecule has 0 aliphatic carbocycles. The molecule has 0 saturated heterocycles. The zero-order valence-corrected chi connectivity index (χ0v) is 20.0. The Morgan fingerprint density at radius 3 is 2.63 bits per heavy atom. The summed E-state index contributed by atoms with van der Waals surface area (Å²) in [7, 11) is 0. The maximum Gasteiger partial charge on any atom is 0.234 e. The number of carbonyl (C=O) groups excluding carboxylic acids is 2. The van der Waals surface area contributed by atoms with E-state index in [2.05, 4.69) is 20.5 Å². The second-order valence-electron chi connectivity index (χ2n) is 7.13. The summed E-state index contributed by atoms with van der Waals surface area (Å²) in [6.45, 7) is 2.47. The third-order valence-corrected chi connectivity index (χ3v) is 6.03. The van der Waals surface area contributed by atoms with Gasteiger partial charge in [-0.2, -0.15) is 0 Å². The molecule has 0 atom stereocenters. The number of rotatable bonds is 9. The van der Waals surface area contributed by atoms with Gasteiger partial charge in [-0.1, -0.05) is 29.4 Å². The van der Waals surface area contributed by atoms with Crippen LogP contribution in [-0.4, -0.2) is 44.0 Å². The standard InChI is InChI=1S/C24H20ClN5O4S/c1-2-34-18-8-6-17(7-9-18)30-22(16-4-3-11-26-13-16)28-29-24(30)35-14-21(31)27-20-12-15(23(32)33)5-10-19(20)25/h3-13H,2,14H2,1H3,(H,27,31)(H,32,33)/p-1. The average Bonchev–Trinajstić information content (AvgIpc) is 3.29. The molecule has 1 amide bonds. The predicted octanol–water partition coefficient (Wildman–Crippen LogP) is 3.48. The molecular weight excluding hydrogens is 490 g/mol. The number of ether oxygens (including phenoxy) is 1. The number of halogens is 1. The molecule has 0 unspecified atom stereocenters. The smallest absolute Gasteiger partial charge is 0.234 e. The lowest BCUT2D eigenvalue weighted by Crippen LogP contribution is -2.22. The number of aromatic carboxylic acids is 1. The number of thioether (sulfide) groups is 1. The molecule has 4 rings (SSSR count). The molecule has 0 bridgehead atoms. The van der Waals surface area contributed by atoms with Crippen LogP contribution in [0.2, 0.25) is 5.02 Å². The Morgan fingerprint density at radius 2 is 1.94 bits per heavy atom. The van der Waals surface area contributed by atoms with E-state index >= 15 is 0 Å². The van der Waals surface area contributed by atoms with E-state index < -0.39 is 11.9 Å². The number of carboxylic acids is 1. The van der Waals surface area contributed by atoms with Crippen molar-refractivity contribution >= 4 is 40.9 Å². The van der Waals surface area contributed by atoms with Crippen molar-refractivity contribution < 1.29 is 19.4 Å². The quantitative estimate of drug-likeness (QED) is 0.341. The summed E-state index contributed by atoms with van der Waals surface area (Å²) in [5.74, 6) is -0.477. The molecule has 2 heterocycles. The van der Waals surface area contributed by atoms with Crippen LogP contribution in [0, 0.1) is 0 Å². The van der Waals surface area contributed by atoms with E-state index in [1.54, 1.807) is 18.5 Å². The van der Waals surface area contributed by atoms with Crippen LogP contribution < -0.4 is 15.2 Å². The average molecular weight is 509 g/mol.